The maximum Gasteiger partial charge on any atom is 0.129 e. The van der Waals surface area contributed by atoms with Crippen LogP contribution < -0.4 is 5.73 Å². The fourth-order valence-corrected chi connectivity index (χ4v) is 2.45. The third kappa shape index (κ3) is 2.25. The van der Waals surface area contributed by atoms with Gasteiger partial charge in [0.25, 0.3) is 0 Å². The van der Waals surface area contributed by atoms with Crippen LogP contribution in [0, 0.1) is 5.92 Å². The van der Waals surface area contributed by atoms with Crippen LogP contribution >= 0.6 is 0 Å². The summed E-state index contributed by atoms with van der Waals surface area (Å²) in [5, 5.41) is 0. The Balaban J connectivity index is 2.16. The second-order valence-corrected chi connectivity index (χ2v) is 4.62. The Kier molecular flexibility index (Phi) is 3.56. The minimum atomic E-state index is -0.871. The van der Waals surface area contributed by atoms with Crippen LogP contribution in [0.5, 0.6) is 0 Å². The first kappa shape index (κ1) is 11.6. The molecule has 0 aromatic heterocycles. The van der Waals surface area contributed by atoms with Gasteiger partial charge in [0.05, 0.1) is 0 Å². The summed E-state index contributed by atoms with van der Waals surface area (Å²) < 4.78 is 14.4. The van der Waals surface area contributed by atoms with Crippen LogP contribution in [0.4, 0.5) is 4.39 Å². The molecule has 1 fully saturated rings. The number of nitrogens with zero attached hydrogens (tertiary/aromatic N) is 1. The van der Waals surface area contributed by atoms with Crippen molar-refractivity contribution < 1.29 is 4.39 Å². The molecule has 0 bridgehead atoms. The predicted molar refractivity (Wildman–Crippen MR) is 63.8 cm³/mol. The highest BCUT2D eigenvalue weighted by Gasteiger charge is 2.29. The average Bonchev–Trinajstić information content (AvgIpc) is 2.75. The number of nitrogens with two attached hydrogens (primary N) is 1. The van der Waals surface area contributed by atoms with E-state index in [0.717, 1.165) is 30.6 Å². The second-order valence-electron chi connectivity index (χ2n) is 4.62. The molecular weight excluding hydrogens is 203 g/mol. The van der Waals surface area contributed by atoms with Gasteiger partial charge in [0.1, 0.15) is 6.17 Å². The van der Waals surface area contributed by atoms with Crippen molar-refractivity contribution in [2.45, 2.75) is 19.1 Å². The minimum Gasteiger partial charge on any atom is -0.326 e. The Bertz CT molecular complexity index is 354. The first-order valence-corrected chi connectivity index (χ1v) is 5.83. The van der Waals surface area contributed by atoms with Gasteiger partial charge in [0, 0.05) is 19.0 Å². The molecule has 2 unspecified atom stereocenters. The zero-order valence-corrected chi connectivity index (χ0v) is 9.70. The van der Waals surface area contributed by atoms with Gasteiger partial charge in [-0.1, -0.05) is 24.3 Å². The summed E-state index contributed by atoms with van der Waals surface area (Å²) >= 11 is 0. The number of hydrogen-bond donors (Lipinski definition) is 1. The Labute approximate surface area is 96.2 Å². The molecule has 1 aliphatic heterocycles. The molecule has 1 aromatic rings. The van der Waals surface area contributed by atoms with E-state index in [1.165, 1.54) is 0 Å². The first-order valence-electron chi connectivity index (χ1n) is 5.83. The van der Waals surface area contributed by atoms with E-state index in [1.807, 2.05) is 31.3 Å². The fraction of sp³-hybridized carbons (Fsp3) is 0.538. The monoisotopic (exact) mass is 222 g/mol. The summed E-state index contributed by atoms with van der Waals surface area (Å²) in [6.07, 6.45) is 0.0704. The van der Waals surface area contributed by atoms with Crippen molar-refractivity contribution in [2.24, 2.45) is 11.7 Å². The number of halogens is 1. The first-order chi connectivity index (χ1) is 7.72. The highest BCUT2D eigenvalue weighted by atomic mass is 19.1. The van der Waals surface area contributed by atoms with Crippen molar-refractivity contribution >= 4 is 0 Å². The Hall–Kier alpha value is -0.930. The summed E-state index contributed by atoms with van der Waals surface area (Å²) in [5.74, 6) is 0.123. The van der Waals surface area contributed by atoms with Crippen molar-refractivity contribution in [1.82, 2.24) is 4.90 Å². The summed E-state index contributed by atoms with van der Waals surface area (Å²) in [7, 11) is 2.04. The van der Waals surface area contributed by atoms with Crippen LogP contribution in [0.3, 0.4) is 0 Å². The summed E-state index contributed by atoms with van der Waals surface area (Å²) in [6.45, 7) is 2.26. The predicted octanol–water partition coefficient (Wildman–Crippen LogP) is 2.11. The van der Waals surface area contributed by atoms with Crippen molar-refractivity contribution in [3.05, 3.63) is 35.4 Å². The molecule has 88 valence electrons. The second kappa shape index (κ2) is 4.93. The Morgan fingerprint density at radius 3 is 2.88 bits per heavy atom. The molecule has 2 atom stereocenters. The van der Waals surface area contributed by atoms with Crippen LogP contribution in [-0.4, -0.2) is 25.0 Å². The van der Waals surface area contributed by atoms with E-state index in [9.17, 15) is 4.39 Å². The fourth-order valence-electron chi connectivity index (χ4n) is 2.45. The Morgan fingerprint density at radius 1 is 1.50 bits per heavy atom. The Morgan fingerprint density at radius 2 is 2.25 bits per heavy atom. The van der Waals surface area contributed by atoms with E-state index in [4.69, 9.17) is 5.73 Å². The van der Waals surface area contributed by atoms with Gasteiger partial charge in [0.2, 0.25) is 0 Å². The molecule has 3 heteroatoms. The van der Waals surface area contributed by atoms with Gasteiger partial charge in [-0.05, 0) is 31.1 Å². The molecule has 1 aliphatic rings. The van der Waals surface area contributed by atoms with Gasteiger partial charge in [-0.25, -0.2) is 4.39 Å². The third-order valence-corrected chi connectivity index (χ3v) is 3.41. The van der Waals surface area contributed by atoms with E-state index in [0.29, 0.717) is 6.54 Å². The molecule has 2 nitrogen and oxygen atoms in total. The maximum absolute atomic E-state index is 14.4. The molecule has 2 N–H and O–H groups in total. The van der Waals surface area contributed by atoms with Gasteiger partial charge < -0.3 is 10.6 Å². The van der Waals surface area contributed by atoms with E-state index in [-0.39, 0.29) is 5.92 Å². The normalized spacial score (nSPS) is 23.6. The maximum atomic E-state index is 14.4. The van der Waals surface area contributed by atoms with Crippen LogP contribution in [0.15, 0.2) is 24.3 Å². The molecule has 1 heterocycles. The highest BCUT2D eigenvalue weighted by Crippen LogP contribution is 2.34. The number of alkyl halides is 1. The summed E-state index contributed by atoms with van der Waals surface area (Å²) in [5.41, 5.74) is 7.35. The largest absolute Gasteiger partial charge is 0.326 e. The van der Waals surface area contributed by atoms with Crippen molar-refractivity contribution in [3.8, 4) is 0 Å². The molecule has 0 amide bonds. The molecular formula is C13H19FN2. The van der Waals surface area contributed by atoms with Gasteiger partial charge in [-0.2, -0.15) is 0 Å². The van der Waals surface area contributed by atoms with E-state index < -0.39 is 6.17 Å². The quantitative estimate of drug-likeness (QED) is 0.848. The van der Waals surface area contributed by atoms with Crippen molar-refractivity contribution in [2.75, 3.05) is 20.1 Å². The number of likely N-dealkylation sites (tertiary alicyclic amines) is 1. The van der Waals surface area contributed by atoms with Crippen LogP contribution in [0.2, 0.25) is 0 Å². The van der Waals surface area contributed by atoms with E-state index >= 15 is 0 Å². The molecule has 1 saturated heterocycles. The lowest BCUT2D eigenvalue weighted by Gasteiger charge is -2.18. The van der Waals surface area contributed by atoms with Crippen molar-refractivity contribution in [1.29, 1.82) is 0 Å². The van der Waals surface area contributed by atoms with E-state index in [2.05, 4.69) is 4.90 Å². The number of benzene rings is 1. The van der Waals surface area contributed by atoms with Crippen LogP contribution in [-0.2, 0) is 6.54 Å². The van der Waals surface area contributed by atoms with Crippen LogP contribution in [0.25, 0.3) is 0 Å². The lowest BCUT2D eigenvalue weighted by Crippen LogP contribution is -2.17. The smallest absolute Gasteiger partial charge is 0.129 e. The molecule has 0 saturated carbocycles. The topological polar surface area (TPSA) is 29.3 Å². The lowest BCUT2D eigenvalue weighted by atomic mass is 9.93. The third-order valence-electron chi connectivity index (χ3n) is 3.41. The molecule has 0 radical (unpaired) electrons. The standard InChI is InChI=1S/C13H19FN2/c1-16-7-6-11(9-16)13(14)12-5-3-2-4-10(12)8-15/h2-5,11,13H,6-9,15H2,1H3. The molecule has 0 spiro atoms. The van der Waals surface area contributed by atoms with E-state index in [1.54, 1.807) is 0 Å². The molecule has 0 aliphatic carbocycles. The summed E-state index contributed by atoms with van der Waals surface area (Å²) in [6, 6.07) is 7.59. The number of hydrogen-bond acceptors (Lipinski definition) is 2. The zero-order valence-electron chi connectivity index (χ0n) is 9.70. The average molecular weight is 222 g/mol. The van der Waals surface area contributed by atoms with Crippen LogP contribution in [0.1, 0.15) is 23.7 Å². The van der Waals surface area contributed by atoms with Gasteiger partial charge in [-0.15, -0.1) is 0 Å². The zero-order chi connectivity index (χ0) is 11.5. The highest BCUT2D eigenvalue weighted by molar-refractivity contribution is 5.29. The van der Waals surface area contributed by atoms with Gasteiger partial charge in [0.15, 0.2) is 0 Å². The number of rotatable bonds is 3. The molecule has 16 heavy (non-hydrogen) atoms. The van der Waals surface area contributed by atoms with Crippen molar-refractivity contribution in [3.63, 3.8) is 0 Å². The van der Waals surface area contributed by atoms with Gasteiger partial charge in [-0.3, -0.25) is 0 Å². The molecule has 2 rings (SSSR count). The summed E-state index contributed by atoms with van der Waals surface area (Å²) in [4.78, 5) is 2.18. The van der Waals surface area contributed by atoms with Gasteiger partial charge >= 0.3 is 0 Å². The molecule has 1 aromatic carbocycles. The lowest BCUT2D eigenvalue weighted by molar-refractivity contribution is 0.231. The minimum absolute atomic E-state index is 0.123. The SMILES string of the molecule is CN1CCC(C(F)c2ccccc2CN)C1.